The molecule has 0 aliphatic heterocycles. The minimum atomic E-state index is -1.20. The summed E-state index contributed by atoms with van der Waals surface area (Å²) in [6, 6.07) is 3.18. The molecule has 0 radical (unpaired) electrons. The van der Waals surface area contributed by atoms with Gasteiger partial charge in [-0.15, -0.1) is 0 Å². The number of nitrogens with zero attached hydrogens (tertiary/aromatic N) is 2. The Labute approximate surface area is 131 Å². The van der Waals surface area contributed by atoms with E-state index in [0.717, 1.165) is 18.2 Å². The highest BCUT2D eigenvalue weighted by molar-refractivity contribution is 5.94. The SMILES string of the molecule is CC(C)c1noc(CCC(=O)Nc2cc(C(=O)O)ccc2F)n1. The van der Waals surface area contributed by atoms with E-state index in [4.69, 9.17) is 9.63 Å². The Kier molecular flexibility index (Phi) is 5.05. The third-order valence-electron chi connectivity index (χ3n) is 3.05. The Morgan fingerprint density at radius 3 is 2.74 bits per heavy atom. The van der Waals surface area contributed by atoms with Gasteiger partial charge in [-0.05, 0) is 18.2 Å². The molecule has 1 aromatic carbocycles. The maximum absolute atomic E-state index is 13.6. The van der Waals surface area contributed by atoms with Crippen LogP contribution in [0.2, 0.25) is 0 Å². The summed E-state index contributed by atoms with van der Waals surface area (Å²) in [4.78, 5) is 26.8. The largest absolute Gasteiger partial charge is 0.478 e. The summed E-state index contributed by atoms with van der Waals surface area (Å²) >= 11 is 0. The summed E-state index contributed by atoms with van der Waals surface area (Å²) in [5.74, 6) is -1.38. The molecule has 0 aliphatic carbocycles. The quantitative estimate of drug-likeness (QED) is 0.847. The Morgan fingerprint density at radius 1 is 1.39 bits per heavy atom. The van der Waals surface area contributed by atoms with Crippen LogP contribution >= 0.6 is 0 Å². The van der Waals surface area contributed by atoms with Gasteiger partial charge in [0.15, 0.2) is 5.82 Å². The molecule has 0 saturated carbocycles. The van der Waals surface area contributed by atoms with Crippen LogP contribution in [-0.2, 0) is 11.2 Å². The fourth-order valence-electron chi connectivity index (χ4n) is 1.79. The number of carbonyl (C=O) groups is 2. The smallest absolute Gasteiger partial charge is 0.335 e. The fraction of sp³-hybridized carbons (Fsp3) is 0.333. The molecule has 8 heteroatoms. The van der Waals surface area contributed by atoms with Crippen molar-refractivity contribution >= 4 is 17.6 Å². The van der Waals surface area contributed by atoms with Crippen LogP contribution in [0, 0.1) is 5.82 Å². The predicted molar refractivity (Wildman–Crippen MR) is 78.7 cm³/mol. The van der Waals surface area contributed by atoms with Crippen LogP contribution in [0.25, 0.3) is 0 Å². The van der Waals surface area contributed by atoms with Gasteiger partial charge in [-0.3, -0.25) is 4.79 Å². The lowest BCUT2D eigenvalue weighted by atomic mass is 10.2. The number of halogens is 1. The van der Waals surface area contributed by atoms with Crippen molar-refractivity contribution in [2.75, 3.05) is 5.32 Å². The molecule has 2 N–H and O–H groups in total. The van der Waals surface area contributed by atoms with Crippen molar-refractivity contribution in [3.05, 3.63) is 41.3 Å². The van der Waals surface area contributed by atoms with E-state index in [-0.39, 0.29) is 30.0 Å². The zero-order chi connectivity index (χ0) is 17.0. The summed E-state index contributed by atoms with van der Waals surface area (Å²) < 4.78 is 18.6. The second kappa shape index (κ2) is 6.99. The van der Waals surface area contributed by atoms with Gasteiger partial charge in [0.25, 0.3) is 0 Å². The molecule has 1 amide bonds. The molecule has 0 aliphatic rings. The van der Waals surface area contributed by atoms with E-state index in [2.05, 4.69) is 15.5 Å². The predicted octanol–water partition coefficient (Wildman–Crippen LogP) is 2.60. The van der Waals surface area contributed by atoms with Gasteiger partial charge in [-0.25, -0.2) is 9.18 Å². The average molecular weight is 321 g/mol. The van der Waals surface area contributed by atoms with Gasteiger partial charge >= 0.3 is 5.97 Å². The van der Waals surface area contributed by atoms with E-state index >= 15 is 0 Å². The lowest BCUT2D eigenvalue weighted by Crippen LogP contribution is -2.14. The Bertz CT molecular complexity index is 727. The van der Waals surface area contributed by atoms with Crippen molar-refractivity contribution in [2.24, 2.45) is 0 Å². The van der Waals surface area contributed by atoms with Crippen molar-refractivity contribution in [3.63, 3.8) is 0 Å². The van der Waals surface area contributed by atoms with Crippen LogP contribution in [0.4, 0.5) is 10.1 Å². The number of carbonyl (C=O) groups excluding carboxylic acids is 1. The minimum Gasteiger partial charge on any atom is -0.478 e. The maximum atomic E-state index is 13.6. The number of hydrogen-bond acceptors (Lipinski definition) is 5. The van der Waals surface area contributed by atoms with Gasteiger partial charge in [-0.1, -0.05) is 19.0 Å². The number of aromatic carboxylic acids is 1. The normalized spacial score (nSPS) is 10.8. The minimum absolute atomic E-state index is 0.0104. The molecule has 0 saturated heterocycles. The van der Waals surface area contributed by atoms with Crippen LogP contribution < -0.4 is 5.32 Å². The van der Waals surface area contributed by atoms with Gasteiger partial charge in [0.1, 0.15) is 5.82 Å². The van der Waals surface area contributed by atoms with E-state index < -0.39 is 17.7 Å². The molecule has 0 unspecified atom stereocenters. The first-order valence-corrected chi connectivity index (χ1v) is 7.02. The first kappa shape index (κ1) is 16.6. The highest BCUT2D eigenvalue weighted by atomic mass is 19.1. The number of aromatic nitrogens is 2. The van der Waals surface area contributed by atoms with Gasteiger partial charge in [0, 0.05) is 18.8 Å². The standard InChI is InChI=1S/C15H16FN3O4/c1-8(2)14-18-13(23-19-14)6-5-12(20)17-11-7-9(15(21)22)3-4-10(11)16/h3-4,7-8H,5-6H2,1-2H3,(H,17,20)(H,21,22). The number of rotatable bonds is 6. The highest BCUT2D eigenvalue weighted by Crippen LogP contribution is 2.17. The zero-order valence-corrected chi connectivity index (χ0v) is 12.7. The number of nitrogens with one attached hydrogen (secondary N) is 1. The number of amides is 1. The second-order valence-electron chi connectivity index (χ2n) is 5.25. The maximum Gasteiger partial charge on any atom is 0.335 e. The number of carboxylic acid groups (broad SMARTS) is 1. The summed E-state index contributed by atoms with van der Waals surface area (Å²) in [5, 5.41) is 15.0. The first-order chi connectivity index (χ1) is 10.9. The Balaban J connectivity index is 1.96. The summed E-state index contributed by atoms with van der Waals surface area (Å²) in [6.45, 7) is 3.83. The van der Waals surface area contributed by atoms with E-state index in [0.29, 0.717) is 11.7 Å². The number of carboxylic acids is 1. The van der Waals surface area contributed by atoms with E-state index in [1.54, 1.807) is 0 Å². The molecule has 0 atom stereocenters. The molecular weight excluding hydrogens is 305 g/mol. The van der Waals surface area contributed by atoms with Crippen molar-refractivity contribution in [1.29, 1.82) is 0 Å². The Morgan fingerprint density at radius 2 is 2.13 bits per heavy atom. The monoisotopic (exact) mass is 321 g/mol. The van der Waals surface area contributed by atoms with Crippen molar-refractivity contribution < 1.29 is 23.6 Å². The average Bonchev–Trinajstić information content (AvgIpc) is 2.96. The highest BCUT2D eigenvalue weighted by Gasteiger charge is 2.14. The van der Waals surface area contributed by atoms with Crippen LogP contribution in [-0.4, -0.2) is 27.1 Å². The van der Waals surface area contributed by atoms with Crippen LogP contribution in [0.1, 0.15) is 48.3 Å². The molecule has 2 rings (SSSR count). The fourth-order valence-corrected chi connectivity index (χ4v) is 1.79. The van der Waals surface area contributed by atoms with Crippen molar-refractivity contribution in [3.8, 4) is 0 Å². The van der Waals surface area contributed by atoms with Crippen LogP contribution in [0.15, 0.2) is 22.7 Å². The second-order valence-corrected chi connectivity index (χ2v) is 5.25. The number of benzene rings is 1. The van der Waals surface area contributed by atoms with Crippen molar-refractivity contribution in [2.45, 2.75) is 32.6 Å². The molecule has 1 aromatic heterocycles. The Hall–Kier alpha value is -2.77. The molecule has 23 heavy (non-hydrogen) atoms. The zero-order valence-electron chi connectivity index (χ0n) is 12.7. The summed E-state index contributed by atoms with van der Waals surface area (Å²) in [7, 11) is 0. The molecule has 122 valence electrons. The van der Waals surface area contributed by atoms with E-state index in [1.165, 1.54) is 0 Å². The third kappa shape index (κ3) is 4.35. The third-order valence-corrected chi connectivity index (χ3v) is 3.05. The van der Waals surface area contributed by atoms with E-state index in [1.807, 2.05) is 13.8 Å². The van der Waals surface area contributed by atoms with E-state index in [9.17, 15) is 14.0 Å². The molecule has 1 heterocycles. The van der Waals surface area contributed by atoms with Gasteiger partial charge in [-0.2, -0.15) is 4.98 Å². The van der Waals surface area contributed by atoms with Gasteiger partial charge in [0.2, 0.25) is 11.8 Å². The van der Waals surface area contributed by atoms with Crippen LogP contribution in [0.5, 0.6) is 0 Å². The van der Waals surface area contributed by atoms with Gasteiger partial charge < -0.3 is 14.9 Å². The molecule has 0 bridgehead atoms. The molecule has 7 nitrogen and oxygen atoms in total. The van der Waals surface area contributed by atoms with Crippen molar-refractivity contribution in [1.82, 2.24) is 10.1 Å². The molecule has 2 aromatic rings. The van der Waals surface area contributed by atoms with Crippen LogP contribution in [0.3, 0.4) is 0 Å². The topological polar surface area (TPSA) is 105 Å². The lowest BCUT2D eigenvalue weighted by Gasteiger charge is -2.06. The number of aryl methyl sites for hydroxylation is 1. The van der Waals surface area contributed by atoms with Gasteiger partial charge in [0.05, 0.1) is 11.3 Å². The molecule has 0 spiro atoms. The lowest BCUT2D eigenvalue weighted by molar-refractivity contribution is -0.116. The first-order valence-electron chi connectivity index (χ1n) is 7.02. The summed E-state index contributed by atoms with van der Waals surface area (Å²) in [5.41, 5.74) is -0.288. The number of anilines is 1. The molecule has 0 fully saturated rings. The summed E-state index contributed by atoms with van der Waals surface area (Å²) in [6.07, 6.45) is 0.224. The number of hydrogen-bond donors (Lipinski definition) is 2. The molecular formula is C15H16FN3O4.